The van der Waals surface area contributed by atoms with Crippen molar-refractivity contribution < 1.29 is 18.8 Å². The number of benzene rings is 1. The van der Waals surface area contributed by atoms with E-state index in [4.69, 9.17) is 0 Å². The van der Waals surface area contributed by atoms with E-state index >= 15 is 0 Å². The van der Waals surface area contributed by atoms with E-state index in [9.17, 15) is 18.8 Å². The number of halogens is 1. The topological polar surface area (TPSA) is 71.4 Å². The number of ketones is 1. The first-order valence-electron chi connectivity index (χ1n) is 10.5. The average Bonchev–Trinajstić information content (AvgIpc) is 3.00. The highest BCUT2D eigenvalue weighted by Gasteiger charge is 2.51. The second kappa shape index (κ2) is 7.70. The van der Waals surface area contributed by atoms with Crippen molar-refractivity contribution in [2.75, 3.05) is 6.54 Å². The Morgan fingerprint density at radius 3 is 2.43 bits per heavy atom. The number of carbonyl (C=O) groups is 3. The van der Waals surface area contributed by atoms with E-state index in [1.165, 1.54) is 6.07 Å². The minimum Gasteiger partial charge on any atom is -0.323 e. The summed E-state index contributed by atoms with van der Waals surface area (Å²) in [6.07, 6.45) is 5.10. The molecule has 3 amide bonds. The van der Waals surface area contributed by atoms with Gasteiger partial charge in [0.15, 0.2) is 5.78 Å². The lowest BCUT2D eigenvalue weighted by molar-refractivity contribution is -0.131. The van der Waals surface area contributed by atoms with Crippen molar-refractivity contribution >= 4 is 17.7 Å². The van der Waals surface area contributed by atoms with Crippen LogP contribution in [-0.2, 0) is 4.79 Å². The smallest absolute Gasteiger partial charge is 0.323 e. The third-order valence-electron chi connectivity index (χ3n) is 6.33. The van der Waals surface area contributed by atoms with Crippen molar-refractivity contribution in [3.63, 3.8) is 0 Å². The lowest BCUT2D eigenvalue weighted by Gasteiger charge is -2.24. The van der Waals surface area contributed by atoms with Crippen LogP contribution in [0.5, 0.6) is 0 Å². The van der Waals surface area contributed by atoms with Crippen LogP contribution < -0.4 is 5.32 Å². The Morgan fingerprint density at radius 1 is 1.10 bits per heavy atom. The van der Waals surface area contributed by atoms with Crippen molar-refractivity contribution in [2.24, 2.45) is 0 Å². The number of amides is 3. The molecule has 30 heavy (non-hydrogen) atoms. The van der Waals surface area contributed by atoms with Gasteiger partial charge in [0.2, 0.25) is 0 Å². The van der Waals surface area contributed by atoms with E-state index in [0.717, 1.165) is 30.6 Å². The normalized spacial score (nSPS) is 18.6. The molecule has 2 fully saturated rings. The number of aromatic nitrogens is 1. The molecule has 1 aromatic carbocycles. The Labute approximate surface area is 175 Å². The summed E-state index contributed by atoms with van der Waals surface area (Å²) in [4.78, 5) is 39.7. The fourth-order valence-corrected chi connectivity index (χ4v) is 4.77. The van der Waals surface area contributed by atoms with Crippen molar-refractivity contribution in [1.29, 1.82) is 0 Å². The lowest BCUT2D eigenvalue weighted by atomic mass is 9.90. The van der Waals surface area contributed by atoms with Crippen LogP contribution in [0.2, 0.25) is 0 Å². The number of hydrogen-bond donors (Lipinski definition) is 1. The molecule has 0 atom stereocenters. The van der Waals surface area contributed by atoms with Gasteiger partial charge in [-0.25, -0.2) is 9.18 Å². The molecule has 2 aromatic rings. The summed E-state index contributed by atoms with van der Waals surface area (Å²) < 4.78 is 16.0. The van der Waals surface area contributed by atoms with Gasteiger partial charge in [0, 0.05) is 17.0 Å². The Morgan fingerprint density at radius 2 is 1.77 bits per heavy atom. The van der Waals surface area contributed by atoms with Crippen molar-refractivity contribution in [1.82, 2.24) is 14.8 Å². The predicted molar refractivity (Wildman–Crippen MR) is 110 cm³/mol. The van der Waals surface area contributed by atoms with Crippen LogP contribution in [-0.4, -0.2) is 39.3 Å². The molecule has 2 heterocycles. The van der Waals surface area contributed by atoms with E-state index in [1.807, 2.05) is 0 Å². The zero-order valence-corrected chi connectivity index (χ0v) is 17.3. The average molecular weight is 411 g/mol. The molecule has 7 heteroatoms. The SMILES string of the molecule is Cc1cc(C(=O)CN2C(=O)NC3(CCCCCC3)C2=O)c(C)n1-c1ccccc1F. The molecule has 1 aliphatic carbocycles. The number of rotatable bonds is 4. The highest BCUT2D eigenvalue weighted by atomic mass is 19.1. The maximum Gasteiger partial charge on any atom is 0.325 e. The number of Topliss-reactive ketones (excluding diaryl/α,β-unsaturated/α-hetero) is 1. The van der Waals surface area contributed by atoms with Gasteiger partial charge in [-0.2, -0.15) is 0 Å². The number of nitrogens with zero attached hydrogens (tertiary/aromatic N) is 2. The number of imide groups is 1. The molecule has 1 spiro atoms. The zero-order chi connectivity index (χ0) is 21.5. The summed E-state index contributed by atoms with van der Waals surface area (Å²) in [6.45, 7) is 3.23. The number of aryl methyl sites for hydroxylation is 1. The Hall–Kier alpha value is -2.96. The quantitative estimate of drug-likeness (QED) is 0.609. The molecule has 0 bridgehead atoms. The monoisotopic (exact) mass is 411 g/mol. The fraction of sp³-hybridized carbons (Fsp3) is 0.435. The Balaban J connectivity index is 1.59. The van der Waals surface area contributed by atoms with Gasteiger partial charge < -0.3 is 9.88 Å². The first-order chi connectivity index (χ1) is 14.3. The second-order valence-electron chi connectivity index (χ2n) is 8.31. The van der Waals surface area contributed by atoms with Gasteiger partial charge in [0.25, 0.3) is 5.91 Å². The molecular weight excluding hydrogens is 385 g/mol. The summed E-state index contributed by atoms with van der Waals surface area (Å²) in [6, 6.07) is 7.55. The lowest BCUT2D eigenvalue weighted by Crippen LogP contribution is -2.46. The maximum absolute atomic E-state index is 14.3. The number of urea groups is 1. The summed E-state index contributed by atoms with van der Waals surface area (Å²) in [5, 5.41) is 2.86. The van der Waals surface area contributed by atoms with Gasteiger partial charge >= 0.3 is 6.03 Å². The molecule has 1 saturated carbocycles. The van der Waals surface area contributed by atoms with Crippen LogP contribution in [0.1, 0.15) is 60.3 Å². The Bertz CT molecular complexity index is 1020. The maximum atomic E-state index is 14.3. The van der Waals surface area contributed by atoms with Crippen LogP contribution in [0, 0.1) is 19.7 Å². The third kappa shape index (κ3) is 3.32. The molecule has 0 unspecified atom stereocenters. The third-order valence-corrected chi connectivity index (χ3v) is 6.33. The number of carbonyl (C=O) groups excluding carboxylic acids is 3. The number of nitrogens with one attached hydrogen (secondary N) is 1. The van der Waals surface area contributed by atoms with E-state index < -0.39 is 11.6 Å². The van der Waals surface area contributed by atoms with Gasteiger partial charge in [-0.3, -0.25) is 14.5 Å². The molecule has 1 saturated heterocycles. The summed E-state index contributed by atoms with van der Waals surface area (Å²) in [5.74, 6) is -1.02. The van der Waals surface area contributed by atoms with Gasteiger partial charge in [-0.1, -0.05) is 37.8 Å². The van der Waals surface area contributed by atoms with Crippen molar-refractivity contribution in [3.8, 4) is 5.69 Å². The fourth-order valence-electron chi connectivity index (χ4n) is 4.77. The van der Waals surface area contributed by atoms with Crippen LogP contribution in [0.15, 0.2) is 30.3 Å². The molecule has 6 nitrogen and oxygen atoms in total. The minimum atomic E-state index is -0.863. The van der Waals surface area contributed by atoms with E-state index in [2.05, 4.69) is 5.32 Å². The molecule has 1 aliphatic heterocycles. The van der Waals surface area contributed by atoms with Crippen LogP contribution in [0.25, 0.3) is 5.69 Å². The summed E-state index contributed by atoms with van der Waals surface area (Å²) in [7, 11) is 0. The molecule has 158 valence electrons. The van der Waals surface area contributed by atoms with Crippen molar-refractivity contribution in [3.05, 3.63) is 53.1 Å². The van der Waals surface area contributed by atoms with Gasteiger partial charge in [-0.15, -0.1) is 0 Å². The zero-order valence-electron chi connectivity index (χ0n) is 17.3. The summed E-state index contributed by atoms with van der Waals surface area (Å²) >= 11 is 0. The second-order valence-corrected chi connectivity index (χ2v) is 8.31. The molecule has 1 N–H and O–H groups in total. The summed E-state index contributed by atoms with van der Waals surface area (Å²) in [5.41, 5.74) is 1.17. The van der Waals surface area contributed by atoms with Gasteiger partial charge in [0.05, 0.1) is 12.2 Å². The molecule has 1 aromatic heterocycles. The first kappa shape index (κ1) is 20.3. The molecule has 2 aliphatic rings. The van der Waals surface area contributed by atoms with E-state index in [0.29, 0.717) is 35.5 Å². The molecular formula is C23H26FN3O3. The van der Waals surface area contributed by atoms with Crippen LogP contribution >= 0.6 is 0 Å². The first-order valence-corrected chi connectivity index (χ1v) is 10.5. The standard InChI is InChI=1S/C23H26FN3O3/c1-15-13-17(16(2)27(15)19-10-6-5-9-18(19)24)20(28)14-26-21(29)23(25-22(26)30)11-7-3-4-8-12-23/h5-6,9-10,13H,3-4,7-8,11-12,14H2,1-2H3,(H,25,30). The minimum absolute atomic E-state index is 0.300. The largest absolute Gasteiger partial charge is 0.325 e. The van der Waals surface area contributed by atoms with Gasteiger partial charge in [0.1, 0.15) is 11.4 Å². The van der Waals surface area contributed by atoms with Crippen LogP contribution in [0.3, 0.4) is 0 Å². The number of para-hydroxylation sites is 1. The molecule has 4 rings (SSSR count). The Kier molecular flexibility index (Phi) is 5.22. The highest BCUT2D eigenvalue weighted by Crippen LogP contribution is 2.33. The van der Waals surface area contributed by atoms with E-state index in [-0.39, 0.29) is 24.1 Å². The van der Waals surface area contributed by atoms with E-state index in [1.54, 1.807) is 42.7 Å². The van der Waals surface area contributed by atoms with Crippen molar-refractivity contribution in [2.45, 2.75) is 57.9 Å². The number of hydrogen-bond acceptors (Lipinski definition) is 3. The molecule has 0 radical (unpaired) electrons. The highest BCUT2D eigenvalue weighted by molar-refractivity contribution is 6.11. The predicted octanol–water partition coefficient (Wildman–Crippen LogP) is 4.06. The van der Waals surface area contributed by atoms with Crippen LogP contribution in [0.4, 0.5) is 9.18 Å². The van der Waals surface area contributed by atoms with Gasteiger partial charge in [-0.05, 0) is 44.9 Å².